The van der Waals surface area contributed by atoms with Crippen LogP contribution < -0.4 is 16.0 Å². The lowest BCUT2D eigenvalue weighted by molar-refractivity contribution is -0.114. The van der Waals surface area contributed by atoms with Crippen LogP contribution in [0.25, 0.3) is 0 Å². The van der Waals surface area contributed by atoms with Gasteiger partial charge in [-0.3, -0.25) is 14.4 Å². The highest BCUT2D eigenvalue weighted by Gasteiger charge is 2.13. The number of nitrogens with one attached hydrogen (secondary N) is 3. The van der Waals surface area contributed by atoms with Gasteiger partial charge in [0.15, 0.2) is 0 Å². The molecule has 33 heavy (non-hydrogen) atoms. The normalized spacial score (nSPS) is 10.4. The second-order valence-electron chi connectivity index (χ2n) is 7.30. The second-order valence-corrected chi connectivity index (χ2v) is 7.30. The lowest BCUT2D eigenvalue weighted by atomic mass is 10.1. The topological polar surface area (TPSA) is 104 Å². The molecule has 0 aliphatic rings. The smallest absolute Gasteiger partial charge is 0.253 e. The monoisotopic (exact) mass is 448 g/mol. The van der Waals surface area contributed by atoms with Gasteiger partial charge in [-0.25, -0.2) is 0 Å². The van der Waals surface area contributed by atoms with Crippen molar-refractivity contribution in [3.8, 4) is 0 Å². The van der Waals surface area contributed by atoms with Crippen LogP contribution in [-0.4, -0.2) is 42.3 Å². The summed E-state index contributed by atoms with van der Waals surface area (Å²) in [5, 5.41) is 8.59. The maximum Gasteiger partial charge on any atom is 0.253 e. The fraction of sp³-hybridized carbons (Fsp3) is 0.240. The summed E-state index contributed by atoms with van der Waals surface area (Å²) in [4.78, 5) is 38.8. The Hall–Kier alpha value is -4.07. The Bertz CT molecular complexity index is 1070. The number of anilines is 2. The fourth-order valence-corrected chi connectivity index (χ4v) is 3.23. The van der Waals surface area contributed by atoms with E-state index in [1.807, 2.05) is 19.9 Å². The number of furan rings is 1. The van der Waals surface area contributed by atoms with E-state index < -0.39 is 0 Å². The van der Waals surface area contributed by atoms with Crippen LogP contribution in [0.3, 0.4) is 0 Å². The van der Waals surface area contributed by atoms with Gasteiger partial charge < -0.3 is 25.3 Å². The maximum atomic E-state index is 12.5. The van der Waals surface area contributed by atoms with Crippen LogP contribution >= 0.6 is 0 Å². The third kappa shape index (κ3) is 6.70. The van der Waals surface area contributed by atoms with Crippen LogP contribution in [-0.2, 0) is 11.3 Å². The molecule has 0 aliphatic carbocycles. The molecule has 0 saturated heterocycles. The predicted octanol–water partition coefficient (Wildman–Crippen LogP) is 3.74. The molecular formula is C25H28N4O4. The Labute approximate surface area is 193 Å². The zero-order chi connectivity index (χ0) is 23.6. The highest BCUT2D eigenvalue weighted by atomic mass is 16.3. The summed E-state index contributed by atoms with van der Waals surface area (Å²) in [5.74, 6) is 0.152. The predicted molar refractivity (Wildman–Crippen MR) is 127 cm³/mol. The Kier molecular flexibility index (Phi) is 8.24. The van der Waals surface area contributed by atoms with Gasteiger partial charge in [0.25, 0.3) is 11.8 Å². The summed E-state index contributed by atoms with van der Waals surface area (Å²) in [7, 11) is 0. The number of hydrogen-bond donors (Lipinski definition) is 3. The molecule has 3 aromatic rings. The summed E-state index contributed by atoms with van der Waals surface area (Å²) in [5.41, 5.74) is 2.32. The van der Waals surface area contributed by atoms with Gasteiger partial charge in [-0.2, -0.15) is 0 Å². The molecule has 1 aromatic heterocycles. The second kappa shape index (κ2) is 11.5. The van der Waals surface area contributed by atoms with E-state index in [0.29, 0.717) is 47.9 Å². The number of carbonyl (C=O) groups excluding carboxylic acids is 3. The molecule has 0 atom stereocenters. The highest BCUT2D eigenvalue weighted by molar-refractivity contribution is 5.97. The standard InChI is InChI=1S/C25H28N4O4/c1-3-29(4-2)25(32)19-7-5-8-21(15-19)26-17-23(30)28-20-12-10-18(11-13-20)24(31)27-16-22-9-6-14-33-22/h5-15,26H,3-4,16-17H2,1-2H3,(H,27,31)(H,28,30). The molecule has 1 heterocycles. The van der Waals surface area contributed by atoms with Crippen molar-refractivity contribution < 1.29 is 18.8 Å². The molecule has 172 valence electrons. The number of hydrogen-bond acceptors (Lipinski definition) is 5. The molecule has 0 saturated carbocycles. The summed E-state index contributed by atoms with van der Waals surface area (Å²) >= 11 is 0. The molecule has 3 rings (SSSR count). The molecule has 0 spiro atoms. The molecule has 8 heteroatoms. The van der Waals surface area contributed by atoms with Crippen molar-refractivity contribution in [1.29, 1.82) is 0 Å². The quantitative estimate of drug-likeness (QED) is 0.438. The zero-order valence-electron chi connectivity index (χ0n) is 18.8. The van der Waals surface area contributed by atoms with E-state index in [9.17, 15) is 14.4 Å². The minimum absolute atomic E-state index is 0.0360. The van der Waals surface area contributed by atoms with Crippen molar-refractivity contribution in [2.75, 3.05) is 30.3 Å². The first-order valence-electron chi connectivity index (χ1n) is 10.8. The molecule has 0 bridgehead atoms. The van der Waals surface area contributed by atoms with Crippen molar-refractivity contribution in [3.05, 3.63) is 83.8 Å². The maximum absolute atomic E-state index is 12.5. The average molecular weight is 449 g/mol. The molecule has 0 unspecified atom stereocenters. The van der Waals surface area contributed by atoms with Gasteiger partial charge in [0, 0.05) is 35.6 Å². The number of carbonyl (C=O) groups is 3. The van der Waals surface area contributed by atoms with Gasteiger partial charge in [-0.15, -0.1) is 0 Å². The lowest BCUT2D eigenvalue weighted by Crippen LogP contribution is -2.30. The van der Waals surface area contributed by atoms with Crippen molar-refractivity contribution in [3.63, 3.8) is 0 Å². The van der Waals surface area contributed by atoms with Gasteiger partial charge in [0.1, 0.15) is 5.76 Å². The summed E-state index contributed by atoms with van der Waals surface area (Å²) in [6.45, 7) is 5.49. The largest absolute Gasteiger partial charge is 0.467 e. The van der Waals surface area contributed by atoms with Gasteiger partial charge in [0.2, 0.25) is 5.91 Å². The summed E-state index contributed by atoms with van der Waals surface area (Å²) in [6, 6.07) is 17.3. The van der Waals surface area contributed by atoms with Crippen molar-refractivity contribution in [2.45, 2.75) is 20.4 Å². The van der Waals surface area contributed by atoms with Crippen molar-refractivity contribution >= 4 is 29.1 Å². The molecular weight excluding hydrogens is 420 g/mol. The van der Waals surface area contributed by atoms with Crippen LogP contribution in [0.1, 0.15) is 40.3 Å². The minimum Gasteiger partial charge on any atom is -0.467 e. The molecule has 0 aliphatic heterocycles. The van der Waals surface area contributed by atoms with Crippen molar-refractivity contribution in [1.82, 2.24) is 10.2 Å². The summed E-state index contributed by atoms with van der Waals surface area (Å²) < 4.78 is 5.19. The van der Waals surface area contributed by atoms with Gasteiger partial charge >= 0.3 is 0 Å². The third-order valence-corrected chi connectivity index (χ3v) is 5.05. The lowest BCUT2D eigenvalue weighted by Gasteiger charge is -2.19. The molecule has 3 amide bonds. The Balaban J connectivity index is 1.49. The molecule has 2 aromatic carbocycles. The van der Waals surface area contributed by atoms with E-state index in [1.165, 1.54) is 0 Å². The Morgan fingerprint density at radius 3 is 2.30 bits per heavy atom. The van der Waals surface area contributed by atoms with Crippen LogP contribution in [0.4, 0.5) is 11.4 Å². The first-order valence-corrected chi connectivity index (χ1v) is 10.8. The Morgan fingerprint density at radius 2 is 1.64 bits per heavy atom. The number of amides is 3. The van der Waals surface area contributed by atoms with E-state index in [1.54, 1.807) is 65.8 Å². The van der Waals surface area contributed by atoms with Crippen LogP contribution in [0.2, 0.25) is 0 Å². The van der Waals surface area contributed by atoms with Crippen LogP contribution in [0.5, 0.6) is 0 Å². The average Bonchev–Trinajstić information content (AvgIpc) is 3.36. The number of benzene rings is 2. The van der Waals surface area contributed by atoms with E-state index in [2.05, 4.69) is 16.0 Å². The number of nitrogens with zero attached hydrogens (tertiary/aromatic N) is 1. The van der Waals surface area contributed by atoms with Crippen molar-refractivity contribution in [2.24, 2.45) is 0 Å². The zero-order valence-corrected chi connectivity index (χ0v) is 18.8. The van der Waals surface area contributed by atoms with Gasteiger partial charge in [0.05, 0.1) is 19.4 Å². The first kappa shape index (κ1) is 23.6. The first-order chi connectivity index (χ1) is 16.0. The number of rotatable bonds is 10. The third-order valence-electron chi connectivity index (χ3n) is 5.05. The van der Waals surface area contributed by atoms with Gasteiger partial charge in [-0.05, 0) is 68.4 Å². The molecule has 3 N–H and O–H groups in total. The van der Waals surface area contributed by atoms with E-state index in [4.69, 9.17) is 4.42 Å². The fourth-order valence-electron chi connectivity index (χ4n) is 3.23. The van der Waals surface area contributed by atoms with Crippen LogP contribution in [0.15, 0.2) is 71.3 Å². The summed E-state index contributed by atoms with van der Waals surface area (Å²) in [6.07, 6.45) is 1.55. The molecule has 8 nitrogen and oxygen atoms in total. The van der Waals surface area contributed by atoms with Crippen LogP contribution in [0, 0.1) is 0 Å². The van der Waals surface area contributed by atoms with E-state index in [-0.39, 0.29) is 24.3 Å². The SMILES string of the molecule is CCN(CC)C(=O)c1cccc(NCC(=O)Nc2ccc(C(=O)NCc3ccco3)cc2)c1. The molecule has 0 radical (unpaired) electrons. The highest BCUT2D eigenvalue weighted by Crippen LogP contribution is 2.14. The molecule has 0 fully saturated rings. The Morgan fingerprint density at radius 1 is 0.879 bits per heavy atom. The van der Waals surface area contributed by atoms with Gasteiger partial charge in [-0.1, -0.05) is 6.07 Å². The van der Waals surface area contributed by atoms with E-state index >= 15 is 0 Å². The minimum atomic E-state index is -0.245. The van der Waals surface area contributed by atoms with E-state index in [0.717, 1.165) is 0 Å².